The van der Waals surface area contributed by atoms with Gasteiger partial charge in [-0.3, -0.25) is 0 Å². The molecule has 1 rings (SSSR count). The first-order valence-electron chi connectivity index (χ1n) is 7.70. The second-order valence-electron chi connectivity index (χ2n) is 5.68. The van der Waals surface area contributed by atoms with E-state index in [2.05, 4.69) is 12.2 Å². The van der Waals surface area contributed by atoms with E-state index in [1.54, 1.807) is 7.11 Å². The van der Waals surface area contributed by atoms with Crippen molar-refractivity contribution in [1.82, 2.24) is 5.32 Å². The quantitative estimate of drug-likeness (QED) is 0.674. The van der Waals surface area contributed by atoms with Crippen molar-refractivity contribution in [3.05, 3.63) is 0 Å². The molecule has 0 heterocycles. The van der Waals surface area contributed by atoms with Crippen molar-refractivity contribution in [3.8, 4) is 0 Å². The van der Waals surface area contributed by atoms with Crippen LogP contribution in [0, 0.1) is 5.92 Å². The van der Waals surface area contributed by atoms with Gasteiger partial charge in [0.25, 0.3) is 0 Å². The Balaban J connectivity index is 2.12. The molecule has 0 amide bonds. The molecule has 1 saturated carbocycles. The Morgan fingerprint density at radius 3 is 2.68 bits per heavy atom. The summed E-state index contributed by atoms with van der Waals surface area (Å²) in [4.78, 5) is 0. The van der Waals surface area contributed by atoms with Crippen LogP contribution in [0.2, 0.25) is 0 Å². The monoisotopic (exact) mass is 273 g/mol. The summed E-state index contributed by atoms with van der Waals surface area (Å²) < 4.78 is 11.1. The molecule has 1 fully saturated rings. The molecule has 4 nitrogen and oxygen atoms in total. The predicted molar refractivity (Wildman–Crippen MR) is 77.3 cm³/mol. The third-order valence-electron chi connectivity index (χ3n) is 4.08. The Kier molecular flexibility index (Phi) is 8.62. The van der Waals surface area contributed by atoms with E-state index in [-0.39, 0.29) is 6.10 Å². The molecule has 114 valence electrons. The van der Waals surface area contributed by atoms with Gasteiger partial charge in [0.1, 0.15) is 0 Å². The van der Waals surface area contributed by atoms with Gasteiger partial charge in [0.2, 0.25) is 0 Å². The number of hydrogen-bond donors (Lipinski definition) is 2. The molecule has 4 unspecified atom stereocenters. The lowest BCUT2D eigenvalue weighted by molar-refractivity contribution is -0.0503. The number of aliphatic hydroxyl groups is 1. The fraction of sp³-hybridized carbons (Fsp3) is 1.00. The van der Waals surface area contributed by atoms with Gasteiger partial charge in [-0.05, 0) is 25.7 Å². The Bertz CT molecular complexity index is 225. The summed E-state index contributed by atoms with van der Waals surface area (Å²) in [5.74, 6) is 0.683. The van der Waals surface area contributed by atoms with Crippen LogP contribution in [0.25, 0.3) is 0 Å². The molecular formula is C15H31NO3. The van der Waals surface area contributed by atoms with Crippen LogP contribution in [0.5, 0.6) is 0 Å². The minimum Gasteiger partial charge on any atom is -0.389 e. The van der Waals surface area contributed by atoms with Gasteiger partial charge >= 0.3 is 0 Å². The van der Waals surface area contributed by atoms with Crippen molar-refractivity contribution in [2.75, 3.05) is 26.8 Å². The molecule has 1 aliphatic rings. The molecule has 19 heavy (non-hydrogen) atoms. The molecule has 0 radical (unpaired) electrons. The van der Waals surface area contributed by atoms with Gasteiger partial charge < -0.3 is 19.9 Å². The molecular weight excluding hydrogens is 242 g/mol. The lowest BCUT2D eigenvalue weighted by Crippen LogP contribution is -2.37. The molecule has 2 N–H and O–H groups in total. The highest BCUT2D eigenvalue weighted by Gasteiger charge is 2.24. The fourth-order valence-electron chi connectivity index (χ4n) is 2.69. The molecule has 4 atom stereocenters. The zero-order valence-electron chi connectivity index (χ0n) is 12.7. The van der Waals surface area contributed by atoms with Crippen molar-refractivity contribution in [2.24, 2.45) is 5.92 Å². The maximum absolute atomic E-state index is 9.90. The molecule has 0 spiro atoms. The third-order valence-corrected chi connectivity index (χ3v) is 4.08. The van der Waals surface area contributed by atoms with E-state index in [4.69, 9.17) is 9.47 Å². The second kappa shape index (κ2) is 9.70. The smallest absolute Gasteiger partial charge is 0.0897 e. The zero-order chi connectivity index (χ0) is 14.1. The van der Waals surface area contributed by atoms with Gasteiger partial charge in [0.15, 0.2) is 0 Å². The Hall–Kier alpha value is -0.160. The number of aliphatic hydroxyl groups excluding tert-OH is 1. The van der Waals surface area contributed by atoms with Gasteiger partial charge in [-0.1, -0.05) is 26.2 Å². The van der Waals surface area contributed by atoms with Crippen LogP contribution in [-0.2, 0) is 9.47 Å². The van der Waals surface area contributed by atoms with E-state index in [1.807, 2.05) is 6.92 Å². The normalized spacial score (nSPS) is 27.2. The first kappa shape index (κ1) is 16.9. The second-order valence-corrected chi connectivity index (χ2v) is 5.68. The molecule has 0 saturated heterocycles. The van der Waals surface area contributed by atoms with Gasteiger partial charge in [0.05, 0.1) is 24.9 Å². The van der Waals surface area contributed by atoms with Gasteiger partial charge in [-0.2, -0.15) is 0 Å². The summed E-state index contributed by atoms with van der Waals surface area (Å²) in [5.41, 5.74) is 0. The van der Waals surface area contributed by atoms with E-state index >= 15 is 0 Å². The summed E-state index contributed by atoms with van der Waals surface area (Å²) in [6.07, 6.45) is 6.31. The summed E-state index contributed by atoms with van der Waals surface area (Å²) in [6, 6.07) is 0. The van der Waals surface area contributed by atoms with Crippen molar-refractivity contribution in [3.63, 3.8) is 0 Å². The molecule has 0 aliphatic heterocycles. The van der Waals surface area contributed by atoms with E-state index in [0.29, 0.717) is 25.2 Å². The van der Waals surface area contributed by atoms with Crippen LogP contribution in [0.4, 0.5) is 0 Å². The lowest BCUT2D eigenvalue weighted by atomic mass is 9.85. The third kappa shape index (κ3) is 6.70. The topological polar surface area (TPSA) is 50.7 Å². The minimum atomic E-state index is -0.427. The Labute approximate surface area is 117 Å². The SMILES string of the molecule is CCC1CCCCC1OCC(O)CNCC(C)OC. The number of methoxy groups -OCH3 is 1. The van der Waals surface area contributed by atoms with Crippen LogP contribution in [0.3, 0.4) is 0 Å². The fourth-order valence-corrected chi connectivity index (χ4v) is 2.69. The molecule has 1 aliphatic carbocycles. The molecule has 0 aromatic carbocycles. The predicted octanol–water partition coefficient (Wildman–Crippen LogP) is 1.96. The van der Waals surface area contributed by atoms with Gasteiger partial charge in [-0.25, -0.2) is 0 Å². The Morgan fingerprint density at radius 2 is 2.00 bits per heavy atom. The van der Waals surface area contributed by atoms with Crippen LogP contribution in [0.15, 0.2) is 0 Å². The van der Waals surface area contributed by atoms with E-state index in [9.17, 15) is 5.11 Å². The summed E-state index contributed by atoms with van der Waals surface area (Å²) >= 11 is 0. The van der Waals surface area contributed by atoms with E-state index in [0.717, 1.165) is 13.0 Å². The van der Waals surface area contributed by atoms with Crippen LogP contribution < -0.4 is 5.32 Å². The van der Waals surface area contributed by atoms with Crippen molar-refractivity contribution in [1.29, 1.82) is 0 Å². The zero-order valence-corrected chi connectivity index (χ0v) is 12.7. The summed E-state index contributed by atoms with van der Waals surface area (Å²) in [5, 5.41) is 13.1. The first-order valence-corrected chi connectivity index (χ1v) is 7.70. The lowest BCUT2D eigenvalue weighted by Gasteiger charge is -2.31. The largest absolute Gasteiger partial charge is 0.389 e. The van der Waals surface area contributed by atoms with Crippen molar-refractivity contribution >= 4 is 0 Å². The van der Waals surface area contributed by atoms with Crippen molar-refractivity contribution in [2.45, 2.75) is 64.3 Å². The highest BCUT2D eigenvalue weighted by molar-refractivity contribution is 4.75. The maximum atomic E-state index is 9.90. The highest BCUT2D eigenvalue weighted by atomic mass is 16.5. The van der Waals surface area contributed by atoms with Gasteiger partial charge in [0, 0.05) is 20.2 Å². The summed E-state index contributed by atoms with van der Waals surface area (Å²) in [7, 11) is 1.69. The van der Waals surface area contributed by atoms with Crippen LogP contribution in [0.1, 0.15) is 46.0 Å². The molecule has 0 bridgehead atoms. The van der Waals surface area contributed by atoms with Crippen LogP contribution in [-0.4, -0.2) is 50.2 Å². The van der Waals surface area contributed by atoms with Crippen LogP contribution >= 0.6 is 0 Å². The first-order chi connectivity index (χ1) is 9.17. The molecule has 0 aromatic rings. The average molecular weight is 273 g/mol. The highest BCUT2D eigenvalue weighted by Crippen LogP contribution is 2.29. The minimum absolute atomic E-state index is 0.177. The van der Waals surface area contributed by atoms with E-state index in [1.165, 1.54) is 25.7 Å². The number of ether oxygens (including phenoxy) is 2. The number of nitrogens with one attached hydrogen (secondary N) is 1. The number of rotatable bonds is 9. The summed E-state index contributed by atoms with van der Waals surface area (Å²) in [6.45, 7) is 6.00. The van der Waals surface area contributed by atoms with Gasteiger partial charge in [-0.15, -0.1) is 0 Å². The van der Waals surface area contributed by atoms with E-state index < -0.39 is 6.10 Å². The number of hydrogen-bond acceptors (Lipinski definition) is 4. The Morgan fingerprint density at radius 1 is 1.26 bits per heavy atom. The van der Waals surface area contributed by atoms with Crippen molar-refractivity contribution < 1.29 is 14.6 Å². The average Bonchev–Trinajstić information content (AvgIpc) is 2.45. The maximum Gasteiger partial charge on any atom is 0.0897 e. The molecule has 4 heteroatoms. The molecule has 0 aromatic heterocycles. The standard InChI is InChI=1S/C15H31NO3/c1-4-13-7-5-6-8-15(13)19-11-14(17)10-16-9-12(2)18-3/h12-17H,4-11H2,1-3H3.